The van der Waals surface area contributed by atoms with Crippen molar-refractivity contribution in [2.75, 3.05) is 11.3 Å². The number of anilines is 1. The van der Waals surface area contributed by atoms with E-state index < -0.39 is 33.9 Å². The van der Waals surface area contributed by atoms with Crippen LogP contribution in [0.25, 0.3) is 11.0 Å². The van der Waals surface area contributed by atoms with Gasteiger partial charge in [-0.3, -0.25) is 14.5 Å². The summed E-state index contributed by atoms with van der Waals surface area (Å²) in [4.78, 5) is 33.4. The number of fused-ring (bicyclic) bond motifs is 1. The van der Waals surface area contributed by atoms with Gasteiger partial charge in [0.2, 0.25) is 11.6 Å². The van der Waals surface area contributed by atoms with Crippen molar-refractivity contribution in [2.24, 2.45) is 0 Å². The molecule has 0 saturated carbocycles. The summed E-state index contributed by atoms with van der Waals surface area (Å²) in [6.45, 7) is 5.75. The lowest BCUT2D eigenvalue weighted by molar-refractivity contribution is -0.184. The fourth-order valence-electron chi connectivity index (χ4n) is 3.77. The molecule has 198 valence electrons. The number of rotatable bonds is 6. The van der Waals surface area contributed by atoms with Crippen LogP contribution in [0.2, 0.25) is 0 Å². The third-order valence-electron chi connectivity index (χ3n) is 5.42. The molecule has 1 fully saturated rings. The minimum atomic E-state index is -4.14. The Labute approximate surface area is 213 Å². The van der Waals surface area contributed by atoms with E-state index >= 15 is 0 Å². The molecule has 0 aliphatic carbocycles. The first-order valence-electron chi connectivity index (χ1n) is 11.5. The lowest BCUT2D eigenvalue weighted by Gasteiger charge is -2.36. The minimum absolute atomic E-state index is 0.00131. The smallest absolute Gasteiger partial charge is 0.413 e. The molecule has 1 aromatic carbocycles. The van der Waals surface area contributed by atoms with Gasteiger partial charge in [0.1, 0.15) is 16.9 Å². The van der Waals surface area contributed by atoms with Crippen LogP contribution in [0.1, 0.15) is 50.6 Å². The Bertz CT molecular complexity index is 1410. The Balaban J connectivity index is 1.56. The highest BCUT2D eigenvalue weighted by atomic mass is 32.2. The maximum Gasteiger partial charge on any atom is 0.413 e. The number of furan rings is 1. The summed E-state index contributed by atoms with van der Waals surface area (Å²) < 4.78 is 45.6. The van der Waals surface area contributed by atoms with Gasteiger partial charge in [-0.15, -0.1) is 0 Å². The van der Waals surface area contributed by atoms with E-state index in [1.807, 2.05) is 0 Å². The van der Waals surface area contributed by atoms with Crippen molar-refractivity contribution in [1.29, 1.82) is 0 Å². The van der Waals surface area contributed by atoms with E-state index in [9.17, 15) is 18.0 Å². The molecule has 1 amide bonds. The summed E-state index contributed by atoms with van der Waals surface area (Å²) in [6, 6.07) is 8.35. The van der Waals surface area contributed by atoms with Crippen molar-refractivity contribution in [3.05, 3.63) is 48.4 Å². The first-order chi connectivity index (χ1) is 17.5. The molecule has 1 unspecified atom stereocenters. The van der Waals surface area contributed by atoms with Crippen LogP contribution in [0.5, 0.6) is 5.88 Å². The molecule has 3 aromatic rings. The van der Waals surface area contributed by atoms with Gasteiger partial charge < -0.3 is 13.9 Å². The molecule has 3 heterocycles. The van der Waals surface area contributed by atoms with Gasteiger partial charge in [0, 0.05) is 30.6 Å². The SMILES string of the molecule is CC(C)(C)OC(=O)N1CCCCC1Oc1ncccc1NS(=O)(=O)c1ccc2cc(C(=O)OO)oc2c1. The second-order valence-electron chi connectivity index (χ2n) is 9.39. The maximum atomic E-state index is 13.2. The van der Waals surface area contributed by atoms with Crippen LogP contribution in [0.3, 0.4) is 0 Å². The van der Waals surface area contributed by atoms with Crippen LogP contribution >= 0.6 is 0 Å². The van der Waals surface area contributed by atoms with Gasteiger partial charge in [-0.2, -0.15) is 5.26 Å². The van der Waals surface area contributed by atoms with E-state index in [-0.39, 0.29) is 27.8 Å². The first-order valence-corrected chi connectivity index (χ1v) is 13.0. The first kappa shape index (κ1) is 26.2. The highest BCUT2D eigenvalue weighted by Crippen LogP contribution is 2.30. The third-order valence-corrected chi connectivity index (χ3v) is 6.79. The summed E-state index contributed by atoms with van der Waals surface area (Å²) in [7, 11) is -4.14. The predicted molar refractivity (Wildman–Crippen MR) is 131 cm³/mol. The van der Waals surface area contributed by atoms with Crippen LogP contribution in [-0.4, -0.2) is 54.0 Å². The monoisotopic (exact) mass is 533 g/mol. The Hall–Kier alpha value is -3.84. The van der Waals surface area contributed by atoms with E-state index in [1.54, 1.807) is 26.8 Å². The summed E-state index contributed by atoms with van der Waals surface area (Å²) in [5.41, 5.74) is -0.512. The van der Waals surface area contributed by atoms with E-state index in [1.165, 1.54) is 41.4 Å². The number of carbonyl (C=O) groups excluding carboxylic acids is 2. The number of piperidine rings is 1. The molecular formula is C24H27N3O9S. The molecule has 2 aromatic heterocycles. The average molecular weight is 534 g/mol. The molecule has 1 atom stereocenters. The van der Waals surface area contributed by atoms with Crippen molar-refractivity contribution in [3.8, 4) is 5.88 Å². The highest BCUT2D eigenvalue weighted by Gasteiger charge is 2.33. The molecule has 1 aliphatic rings. The number of carbonyl (C=O) groups is 2. The summed E-state index contributed by atoms with van der Waals surface area (Å²) in [6.07, 6.45) is 2.36. The number of hydrogen-bond acceptors (Lipinski definition) is 10. The van der Waals surface area contributed by atoms with E-state index in [0.29, 0.717) is 18.4 Å². The van der Waals surface area contributed by atoms with Gasteiger partial charge in [-0.05, 0) is 63.9 Å². The number of nitrogens with zero attached hydrogens (tertiary/aromatic N) is 2. The fraction of sp³-hybridized carbons (Fsp3) is 0.375. The Morgan fingerprint density at radius 2 is 1.97 bits per heavy atom. The minimum Gasteiger partial charge on any atom is -0.452 e. The zero-order valence-electron chi connectivity index (χ0n) is 20.5. The Kier molecular flexibility index (Phi) is 7.28. The molecule has 1 saturated heterocycles. The Morgan fingerprint density at radius 1 is 1.19 bits per heavy atom. The van der Waals surface area contributed by atoms with Crippen molar-refractivity contribution in [1.82, 2.24) is 9.88 Å². The average Bonchev–Trinajstić information content (AvgIpc) is 3.27. The van der Waals surface area contributed by atoms with E-state index in [2.05, 4.69) is 14.6 Å². The molecule has 13 heteroatoms. The van der Waals surface area contributed by atoms with Crippen molar-refractivity contribution in [2.45, 2.75) is 56.8 Å². The topological polar surface area (TPSA) is 158 Å². The molecule has 1 aliphatic heterocycles. The van der Waals surface area contributed by atoms with Gasteiger partial charge in [0.05, 0.1) is 4.90 Å². The van der Waals surface area contributed by atoms with E-state index in [0.717, 1.165) is 12.8 Å². The van der Waals surface area contributed by atoms with Crippen molar-refractivity contribution in [3.63, 3.8) is 0 Å². The number of pyridine rings is 1. The maximum absolute atomic E-state index is 13.2. The number of hydrogen-bond donors (Lipinski definition) is 2. The summed E-state index contributed by atoms with van der Waals surface area (Å²) in [5, 5.41) is 8.97. The summed E-state index contributed by atoms with van der Waals surface area (Å²) >= 11 is 0. The zero-order valence-corrected chi connectivity index (χ0v) is 21.3. The number of benzene rings is 1. The fourth-order valence-corrected chi connectivity index (χ4v) is 4.84. The number of amides is 1. The number of sulfonamides is 1. The largest absolute Gasteiger partial charge is 0.452 e. The third kappa shape index (κ3) is 6.12. The van der Waals surface area contributed by atoms with Crippen molar-refractivity contribution < 1.29 is 42.0 Å². The second-order valence-corrected chi connectivity index (χ2v) is 11.1. The molecule has 0 bridgehead atoms. The lowest BCUT2D eigenvalue weighted by atomic mass is 10.1. The zero-order chi connectivity index (χ0) is 26.8. The highest BCUT2D eigenvalue weighted by molar-refractivity contribution is 7.92. The van der Waals surface area contributed by atoms with Crippen LogP contribution in [0, 0.1) is 0 Å². The predicted octanol–water partition coefficient (Wildman–Crippen LogP) is 4.38. The van der Waals surface area contributed by atoms with Gasteiger partial charge in [-0.25, -0.2) is 23.0 Å². The molecular weight excluding hydrogens is 506 g/mol. The van der Waals surface area contributed by atoms with Crippen molar-refractivity contribution >= 4 is 38.7 Å². The molecule has 2 N–H and O–H groups in total. The molecule has 4 rings (SSSR count). The van der Waals surface area contributed by atoms with Crippen LogP contribution in [0.4, 0.5) is 10.5 Å². The van der Waals surface area contributed by atoms with Gasteiger partial charge in [0.25, 0.3) is 10.0 Å². The number of likely N-dealkylation sites (tertiary alicyclic amines) is 1. The molecule has 37 heavy (non-hydrogen) atoms. The van der Waals surface area contributed by atoms with E-state index in [4.69, 9.17) is 19.1 Å². The van der Waals surface area contributed by atoms with Gasteiger partial charge in [-0.1, -0.05) is 0 Å². The lowest BCUT2D eigenvalue weighted by Crippen LogP contribution is -2.48. The van der Waals surface area contributed by atoms with Gasteiger partial charge >= 0.3 is 12.1 Å². The normalized spacial score (nSPS) is 16.3. The molecule has 0 radical (unpaired) electrons. The molecule has 0 spiro atoms. The number of ether oxygens (including phenoxy) is 2. The van der Waals surface area contributed by atoms with Crippen LogP contribution < -0.4 is 9.46 Å². The van der Waals surface area contributed by atoms with Gasteiger partial charge in [0.15, 0.2) is 6.23 Å². The Morgan fingerprint density at radius 3 is 2.70 bits per heavy atom. The second kappa shape index (κ2) is 10.3. The van der Waals surface area contributed by atoms with Crippen LogP contribution in [0.15, 0.2) is 51.9 Å². The quantitative estimate of drug-likeness (QED) is 0.344. The number of nitrogens with one attached hydrogen (secondary N) is 1. The molecule has 12 nitrogen and oxygen atoms in total. The summed E-state index contributed by atoms with van der Waals surface area (Å²) in [5.74, 6) is -1.40. The van der Waals surface area contributed by atoms with Crippen LogP contribution in [-0.2, 0) is 19.6 Å². The number of aromatic nitrogens is 1. The standard InChI is InChI=1S/C24H27N3O9S/c1-24(2,3)35-23(29)27-12-5-4-8-20(27)34-21-17(7-6-11-25-21)26-37(31,32)16-10-9-15-13-19(22(28)36-30)33-18(15)14-16/h6-7,9-11,13-14,20,26,30H,4-5,8,12H2,1-3H3.